The van der Waals surface area contributed by atoms with E-state index < -0.39 is 0 Å². The molecule has 0 aromatic carbocycles. The molecule has 0 bridgehead atoms. The summed E-state index contributed by atoms with van der Waals surface area (Å²) in [5.74, 6) is 0.775. The van der Waals surface area contributed by atoms with Gasteiger partial charge in [0, 0.05) is 13.1 Å². The van der Waals surface area contributed by atoms with Crippen LogP contribution in [-0.4, -0.2) is 48.4 Å². The number of nitrogens with one attached hydrogen (secondary N) is 1. The monoisotopic (exact) mass is 309 g/mol. The number of thiophene rings is 1. The van der Waals surface area contributed by atoms with Crippen molar-refractivity contribution in [2.75, 3.05) is 26.7 Å². The van der Waals surface area contributed by atoms with Crippen LogP contribution in [0.3, 0.4) is 0 Å². The Morgan fingerprint density at radius 2 is 2.24 bits per heavy atom. The third-order valence-corrected chi connectivity index (χ3v) is 4.78. The lowest BCUT2D eigenvalue weighted by Gasteiger charge is -2.26. The molecule has 1 aromatic rings. The van der Waals surface area contributed by atoms with Crippen LogP contribution in [0.15, 0.2) is 16.8 Å². The van der Waals surface area contributed by atoms with Crippen LogP contribution in [0.1, 0.15) is 38.9 Å². The number of hydrogen-bond donors (Lipinski definition) is 1. The van der Waals surface area contributed by atoms with Crippen LogP contribution in [0.4, 0.5) is 0 Å². The van der Waals surface area contributed by atoms with Crippen LogP contribution in [0.5, 0.6) is 0 Å². The van der Waals surface area contributed by atoms with Gasteiger partial charge in [-0.15, -0.1) is 0 Å². The Balaban J connectivity index is 2.10. The van der Waals surface area contributed by atoms with Crippen molar-refractivity contribution >= 4 is 17.2 Å². The van der Waals surface area contributed by atoms with E-state index in [1.807, 2.05) is 4.90 Å². The molecule has 2 rings (SSSR count). The average Bonchev–Trinajstić information content (AvgIpc) is 3.05. The zero-order chi connectivity index (χ0) is 15.4. The molecular weight excluding hydrogens is 282 g/mol. The molecule has 0 aliphatic carbocycles. The Hall–Kier alpha value is -0.910. The number of carbonyl (C=O) groups excluding carboxylic acids is 1. The van der Waals surface area contributed by atoms with Crippen LogP contribution in [0, 0.1) is 5.92 Å². The van der Waals surface area contributed by atoms with Crippen LogP contribution in [0.25, 0.3) is 0 Å². The molecule has 4 nitrogen and oxygen atoms in total. The molecule has 0 radical (unpaired) electrons. The number of amides is 1. The smallest absolute Gasteiger partial charge is 0.241 e. The molecule has 5 heteroatoms. The van der Waals surface area contributed by atoms with Crippen molar-refractivity contribution in [3.63, 3.8) is 0 Å². The number of rotatable bonds is 7. The van der Waals surface area contributed by atoms with E-state index in [1.54, 1.807) is 11.3 Å². The molecule has 1 saturated heterocycles. The first-order valence-corrected chi connectivity index (χ1v) is 8.74. The van der Waals surface area contributed by atoms with Crippen molar-refractivity contribution in [3.8, 4) is 0 Å². The van der Waals surface area contributed by atoms with Crippen LogP contribution >= 0.6 is 11.3 Å². The highest BCUT2D eigenvalue weighted by molar-refractivity contribution is 7.07. The highest BCUT2D eigenvalue weighted by atomic mass is 32.1. The fourth-order valence-electron chi connectivity index (χ4n) is 2.70. The summed E-state index contributed by atoms with van der Waals surface area (Å²) in [6, 6.07) is 2.08. The minimum Gasteiger partial charge on any atom is -0.320 e. The van der Waals surface area contributed by atoms with Gasteiger partial charge in [-0.3, -0.25) is 10.1 Å². The zero-order valence-corrected chi connectivity index (χ0v) is 14.3. The molecule has 1 aromatic heterocycles. The normalized spacial score (nSPS) is 22.8. The van der Waals surface area contributed by atoms with E-state index in [9.17, 15) is 4.79 Å². The van der Waals surface area contributed by atoms with Gasteiger partial charge >= 0.3 is 0 Å². The maximum atomic E-state index is 12.7. The molecule has 1 N–H and O–H groups in total. The van der Waals surface area contributed by atoms with Gasteiger partial charge in [0.25, 0.3) is 0 Å². The lowest BCUT2D eigenvalue weighted by molar-refractivity contribution is -0.130. The van der Waals surface area contributed by atoms with Gasteiger partial charge in [0.15, 0.2) is 0 Å². The largest absolute Gasteiger partial charge is 0.320 e. The fourth-order valence-corrected chi connectivity index (χ4v) is 3.38. The van der Waals surface area contributed by atoms with Gasteiger partial charge in [0.05, 0.1) is 6.04 Å². The quantitative estimate of drug-likeness (QED) is 0.841. The second kappa shape index (κ2) is 7.38. The molecule has 1 aliphatic rings. The lowest BCUT2D eigenvalue weighted by atomic mass is 10.0. The van der Waals surface area contributed by atoms with Crippen molar-refractivity contribution in [2.24, 2.45) is 5.92 Å². The highest BCUT2D eigenvalue weighted by Crippen LogP contribution is 2.28. The fraction of sp³-hybridized carbons (Fsp3) is 0.688. The van der Waals surface area contributed by atoms with Gasteiger partial charge in [0.1, 0.15) is 6.17 Å². The van der Waals surface area contributed by atoms with Gasteiger partial charge in [-0.1, -0.05) is 20.8 Å². The predicted octanol–water partition coefficient (Wildman–Crippen LogP) is 2.54. The Morgan fingerprint density at radius 3 is 2.81 bits per heavy atom. The van der Waals surface area contributed by atoms with Gasteiger partial charge in [-0.2, -0.15) is 11.3 Å². The first kappa shape index (κ1) is 16.5. The van der Waals surface area contributed by atoms with Gasteiger partial charge in [-0.25, -0.2) is 0 Å². The van der Waals surface area contributed by atoms with E-state index in [4.69, 9.17) is 0 Å². The van der Waals surface area contributed by atoms with Crippen molar-refractivity contribution in [1.29, 1.82) is 0 Å². The molecule has 21 heavy (non-hydrogen) atoms. The van der Waals surface area contributed by atoms with E-state index in [0.29, 0.717) is 5.92 Å². The maximum absolute atomic E-state index is 12.7. The van der Waals surface area contributed by atoms with E-state index >= 15 is 0 Å². The topological polar surface area (TPSA) is 35.6 Å². The van der Waals surface area contributed by atoms with Crippen LogP contribution in [0.2, 0.25) is 0 Å². The Kier molecular flexibility index (Phi) is 5.79. The summed E-state index contributed by atoms with van der Waals surface area (Å²) >= 11 is 1.69. The van der Waals surface area contributed by atoms with Crippen molar-refractivity contribution in [2.45, 2.75) is 39.4 Å². The lowest BCUT2D eigenvalue weighted by Crippen LogP contribution is -2.37. The van der Waals surface area contributed by atoms with Gasteiger partial charge in [-0.05, 0) is 48.3 Å². The SMILES string of the molecule is CCN(C)CCN1C(=O)C(CC(C)C)NC1c1ccsc1. The summed E-state index contributed by atoms with van der Waals surface area (Å²) in [4.78, 5) is 17.0. The molecule has 1 fully saturated rings. The van der Waals surface area contributed by atoms with Crippen LogP contribution in [-0.2, 0) is 4.79 Å². The summed E-state index contributed by atoms with van der Waals surface area (Å²) in [7, 11) is 2.10. The molecule has 2 heterocycles. The summed E-state index contributed by atoms with van der Waals surface area (Å²) in [5, 5.41) is 7.75. The number of hydrogen-bond acceptors (Lipinski definition) is 4. The van der Waals surface area contributed by atoms with Gasteiger partial charge in [0.2, 0.25) is 5.91 Å². The molecule has 0 saturated carbocycles. The minimum absolute atomic E-state index is 0.0396. The summed E-state index contributed by atoms with van der Waals surface area (Å²) in [6.07, 6.45) is 0.942. The molecule has 2 atom stereocenters. The Bertz CT molecular complexity index is 446. The standard InChI is InChI=1S/C16H27N3OS/c1-5-18(4)7-8-19-15(13-6-9-21-11-13)17-14(16(19)20)10-12(2)3/h6,9,11-12,14-15,17H,5,7-8,10H2,1-4H3. The summed E-state index contributed by atoms with van der Waals surface area (Å²) in [5.41, 5.74) is 1.21. The summed E-state index contributed by atoms with van der Waals surface area (Å²) < 4.78 is 0. The minimum atomic E-state index is -0.0400. The predicted molar refractivity (Wildman–Crippen MR) is 88.3 cm³/mol. The first-order valence-electron chi connectivity index (χ1n) is 7.80. The Labute approximate surface area is 132 Å². The number of carbonyl (C=O) groups is 1. The van der Waals surface area contributed by atoms with Crippen LogP contribution < -0.4 is 5.32 Å². The second-order valence-electron chi connectivity index (χ2n) is 6.24. The zero-order valence-electron chi connectivity index (χ0n) is 13.5. The summed E-state index contributed by atoms with van der Waals surface area (Å²) in [6.45, 7) is 9.18. The molecule has 118 valence electrons. The molecule has 1 aliphatic heterocycles. The van der Waals surface area contributed by atoms with E-state index in [0.717, 1.165) is 26.1 Å². The van der Waals surface area contributed by atoms with Crippen molar-refractivity contribution in [1.82, 2.24) is 15.1 Å². The van der Waals surface area contributed by atoms with Crippen molar-refractivity contribution in [3.05, 3.63) is 22.4 Å². The third kappa shape index (κ3) is 4.05. The van der Waals surface area contributed by atoms with E-state index in [1.165, 1.54) is 5.56 Å². The third-order valence-electron chi connectivity index (χ3n) is 4.08. The molecule has 2 unspecified atom stereocenters. The van der Waals surface area contributed by atoms with E-state index in [-0.39, 0.29) is 18.1 Å². The molecular formula is C16H27N3OS. The van der Waals surface area contributed by atoms with Crippen molar-refractivity contribution < 1.29 is 4.79 Å². The Morgan fingerprint density at radius 1 is 1.48 bits per heavy atom. The van der Waals surface area contributed by atoms with E-state index in [2.05, 4.69) is 54.9 Å². The van der Waals surface area contributed by atoms with Gasteiger partial charge < -0.3 is 9.80 Å². The number of nitrogens with zero attached hydrogens (tertiary/aromatic N) is 2. The highest BCUT2D eigenvalue weighted by Gasteiger charge is 2.39. The molecule has 0 spiro atoms. The second-order valence-corrected chi connectivity index (χ2v) is 7.02. The maximum Gasteiger partial charge on any atom is 0.241 e. The first-order chi connectivity index (χ1) is 10.0. The number of likely N-dealkylation sites (N-methyl/N-ethyl adjacent to an activating group) is 1. The average molecular weight is 309 g/mol. The molecule has 1 amide bonds.